The van der Waals surface area contributed by atoms with E-state index in [2.05, 4.69) is 10.3 Å². The van der Waals surface area contributed by atoms with Crippen LogP contribution in [-0.2, 0) is 10.9 Å². The highest BCUT2D eigenvalue weighted by molar-refractivity contribution is 6.39. The summed E-state index contributed by atoms with van der Waals surface area (Å²) in [5, 5.41) is 3.72. The largest absolute Gasteiger partial charge is 0.462 e. The Morgan fingerprint density at radius 2 is 1.96 bits per heavy atom. The smallest absolute Gasteiger partial charge is 0.416 e. The third-order valence-electron chi connectivity index (χ3n) is 3.84. The maximum absolute atomic E-state index is 13.0. The van der Waals surface area contributed by atoms with E-state index in [1.54, 1.807) is 6.92 Å². The van der Waals surface area contributed by atoms with Gasteiger partial charge in [0.1, 0.15) is 5.56 Å². The van der Waals surface area contributed by atoms with Gasteiger partial charge in [-0.2, -0.15) is 13.2 Å². The second-order valence-electron chi connectivity index (χ2n) is 5.75. The average molecular weight is 429 g/mol. The quantitative estimate of drug-likeness (QED) is 0.483. The van der Waals surface area contributed by atoms with Crippen LogP contribution in [0.1, 0.15) is 22.8 Å². The van der Waals surface area contributed by atoms with Crippen molar-refractivity contribution in [2.75, 3.05) is 11.9 Å². The minimum absolute atomic E-state index is 0.0379. The lowest BCUT2D eigenvalue weighted by Gasteiger charge is -2.16. The summed E-state index contributed by atoms with van der Waals surface area (Å²) in [6, 6.07) is 7.59. The lowest BCUT2D eigenvalue weighted by atomic mass is 10.1. The van der Waals surface area contributed by atoms with Crippen molar-refractivity contribution >= 4 is 51.4 Å². The van der Waals surface area contributed by atoms with Gasteiger partial charge in [0.15, 0.2) is 0 Å². The molecule has 4 nitrogen and oxygen atoms in total. The number of halogens is 5. The van der Waals surface area contributed by atoms with Crippen molar-refractivity contribution in [3.05, 3.63) is 63.8 Å². The van der Waals surface area contributed by atoms with Gasteiger partial charge in [-0.05, 0) is 37.3 Å². The van der Waals surface area contributed by atoms with E-state index in [9.17, 15) is 18.0 Å². The fourth-order valence-corrected chi connectivity index (χ4v) is 3.23. The maximum Gasteiger partial charge on any atom is 0.416 e. The topological polar surface area (TPSA) is 51.2 Å². The van der Waals surface area contributed by atoms with Crippen molar-refractivity contribution < 1.29 is 22.7 Å². The predicted molar refractivity (Wildman–Crippen MR) is 102 cm³/mol. The summed E-state index contributed by atoms with van der Waals surface area (Å²) in [5.41, 5.74) is -0.109. The molecule has 9 heteroatoms. The molecule has 0 aliphatic rings. The normalized spacial score (nSPS) is 11.5. The molecule has 146 valence electrons. The third kappa shape index (κ3) is 4.15. The highest BCUT2D eigenvalue weighted by atomic mass is 35.5. The predicted octanol–water partition coefficient (Wildman–Crippen LogP) is 6.48. The number of aromatic nitrogens is 1. The van der Waals surface area contributed by atoms with Crippen LogP contribution in [0.25, 0.3) is 10.9 Å². The summed E-state index contributed by atoms with van der Waals surface area (Å²) in [7, 11) is 0. The number of carbonyl (C=O) groups is 1. The molecule has 0 aliphatic heterocycles. The molecule has 0 amide bonds. The van der Waals surface area contributed by atoms with E-state index >= 15 is 0 Å². The summed E-state index contributed by atoms with van der Waals surface area (Å²) in [6.45, 7) is 1.76. The maximum atomic E-state index is 13.0. The fourth-order valence-electron chi connectivity index (χ4n) is 2.65. The van der Waals surface area contributed by atoms with Crippen LogP contribution < -0.4 is 5.32 Å². The Morgan fingerprint density at radius 1 is 1.21 bits per heavy atom. The standard InChI is InChI=1S/C19H13Cl2F3N2O2/c1-2-28-18(27)13-9-25-15-8-11(20)7-14(21)16(15)17(13)26-12-5-3-4-10(6-12)19(22,23)24/h3-9H,2H2,1H3,(H,25,26). The number of carbonyl (C=O) groups excluding carboxylic acids is 1. The minimum Gasteiger partial charge on any atom is -0.462 e. The second-order valence-corrected chi connectivity index (χ2v) is 6.60. The van der Waals surface area contributed by atoms with E-state index in [0.29, 0.717) is 15.9 Å². The number of nitrogens with one attached hydrogen (secondary N) is 1. The van der Waals surface area contributed by atoms with Crippen molar-refractivity contribution in [3.63, 3.8) is 0 Å². The molecule has 0 aliphatic carbocycles. The lowest BCUT2D eigenvalue weighted by Crippen LogP contribution is -2.10. The summed E-state index contributed by atoms with van der Waals surface area (Å²) in [5.74, 6) is -0.683. The van der Waals surface area contributed by atoms with E-state index in [-0.39, 0.29) is 28.6 Å². The first-order valence-electron chi connectivity index (χ1n) is 8.10. The number of esters is 1. The van der Waals surface area contributed by atoms with Crippen molar-refractivity contribution in [3.8, 4) is 0 Å². The van der Waals surface area contributed by atoms with Gasteiger partial charge >= 0.3 is 12.1 Å². The molecule has 0 atom stereocenters. The number of alkyl halides is 3. The van der Waals surface area contributed by atoms with Crippen molar-refractivity contribution in [2.45, 2.75) is 13.1 Å². The number of nitrogens with zero attached hydrogens (tertiary/aromatic N) is 1. The second kappa shape index (κ2) is 7.85. The van der Waals surface area contributed by atoms with E-state index in [1.165, 1.54) is 30.5 Å². The van der Waals surface area contributed by atoms with Gasteiger partial charge in [-0.15, -0.1) is 0 Å². The lowest BCUT2D eigenvalue weighted by molar-refractivity contribution is -0.137. The first kappa shape index (κ1) is 20.2. The molecule has 28 heavy (non-hydrogen) atoms. The minimum atomic E-state index is -4.51. The summed E-state index contributed by atoms with van der Waals surface area (Å²) < 4.78 is 44.1. The van der Waals surface area contributed by atoms with Crippen LogP contribution in [0.15, 0.2) is 42.6 Å². The molecule has 0 fully saturated rings. The van der Waals surface area contributed by atoms with Gasteiger partial charge < -0.3 is 10.1 Å². The molecule has 0 radical (unpaired) electrons. The van der Waals surface area contributed by atoms with Gasteiger partial charge in [0.2, 0.25) is 0 Å². The number of benzene rings is 2. The molecule has 0 unspecified atom stereocenters. The molecule has 3 rings (SSSR count). The Morgan fingerprint density at radius 3 is 2.64 bits per heavy atom. The number of fused-ring (bicyclic) bond motifs is 1. The monoisotopic (exact) mass is 428 g/mol. The Labute approximate surface area is 168 Å². The molecule has 0 spiro atoms. The number of hydrogen-bond acceptors (Lipinski definition) is 4. The number of anilines is 2. The highest BCUT2D eigenvalue weighted by Crippen LogP contribution is 2.37. The molecule has 0 bridgehead atoms. The molecule has 3 aromatic rings. The first-order chi connectivity index (χ1) is 13.2. The van der Waals surface area contributed by atoms with E-state index in [4.69, 9.17) is 27.9 Å². The molecular formula is C19H13Cl2F3N2O2. The van der Waals surface area contributed by atoms with Crippen molar-refractivity contribution in [1.29, 1.82) is 0 Å². The number of ether oxygens (including phenoxy) is 1. The van der Waals surface area contributed by atoms with Crippen LogP contribution in [0.2, 0.25) is 10.0 Å². The fraction of sp³-hybridized carbons (Fsp3) is 0.158. The SMILES string of the molecule is CCOC(=O)c1cnc2cc(Cl)cc(Cl)c2c1Nc1cccc(C(F)(F)F)c1. The summed E-state index contributed by atoms with van der Waals surface area (Å²) in [6.07, 6.45) is -3.24. The van der Waals surface area contributed by atoms with Gasteiger partial charge in [-0.3, -0.25) is 4.98 Å². The zero-order valence-electron chi connectivity index (χ0n) is 14.4. The van der Waals surface area contributed by atoms with E-state index in [1.807, 2.05) is 0 Å². The van der Waals surface area contributed by atoms with Gasteiger partial charge in [-0.25, -0.2) is 4.79 Å². The van der Waals surface area contributed by atoms with Crippen LogP contribution >= 0.6 is 23.2 Å². The first-order valence-corrected chi connectivity index (χ1v) is 8.85. The number of rotatable bonds is 4. The molecule has 0 saturated carbocycles. The Kier molecular flexibility index (Phi) is 5.67. The molecule has 1 heterocycles. The summed E-state index contributed by atoms with van der Waals surface area (Å²) in [4.78, 5) is 16.5. The van der Waals surface area contributed by atoms with E-state index in [0.717, 1.165) is 12.1 Å². The molecule has 1 N–H and O–H groups in total. The molecule has 2 aromatic carbocycles. The van der Waals surface area contributed by atoms with Crippen molar-refractivity contribution in [2.24, 2.45) is 0 Å². The Balaban J connectivity index is 2.20. The van der Waals surface area contributed by atoms with Crippen LogP contribution in [0.4, 0.5) is 24.5 Å². The summed E-state index contributed by atoms with van der Waals surface area (Å²) >= 11 is 12.3. The number of pyridine rings is 1. The van der Waals surface area contributed by atoms with E-state index < -0.39 is 17.7 Å². The molecular weight excluding hydrogens is 416 g/mol. The zero-order chi connectivity index (χ0) is 20.5. The Bertz CT molecular complexity index is 1060. The zero-order valence-corrected chi connectivity index (χ0v) is 15.9. The number of hydrogen-bond donors (Lipinski definition) is 1. The molecule has 0 saturated heterocycles. The van der Waals surface area contributed by atoms with Gasteiger partial charge in [0.25, 0.3) is 0 Å². The van der Waals surface area contributed by atoms with Gasteiger partial charge in [0.05, 0.1) is 28.4 Å². The highest BCUT2D eigenvalue weighted by Gasteiger charge is 2.30. The van der Waals surface area contributed by atoms with Gasteiger partial charge in [-0.1, -0.05) is 29.3 Å². The van der Waals surface area contributed by atoms with Crippen LogP contribution in [0, 0.1) is 0 Å². The van der Waals surface area contributed by atoms with Crippen LogP contribution in [-0.4, -0.2) is 17.6 Å². The average Bonchev–Trinajstić information content (AvgIpc) is 2.61. The Hall–Kier alpha value is -2.51. The van der Waals surface area contributed by atoms with Gasteiger partial charge in [0, 0.05) is 22.3 Å². The van der Waals surface area contributed by atoms with Crippen LogP contribution in [0.3, 0.4) is 0 Å². The third-order valence-corrected chi connectivity index (χ3v) is 4.36. The van der Waals surface area contributed by atoms with Crippen molar-refractivity contribution in [1.82, 2.24) is 4.98 Å². The molecule has 1 aromatic heterocycles. The van der Waals surface area contributed by atoms with Crippen LogP contribution in [0.5, 0.6) is 0 Å².